The molecule has 4 nitrogen and oxygen atoms in total. The van der Waals surface area contributed by atoms with Crippen molar-refractivity contribution < 1.29 is 19.4 Å². The van der Waals surface area contributed by atoms with E-state index in [9.17, 15) is 9.90 Å². The third-order valence-electron chi connectivity index (χ3n) is 9.01. The fourth-order valence-corrected chi connectivity index (χ4v) is 5.99. The molecule has 1 saturated heterocycles. The van der Waals surface area contributed by atoms with Gasteiger partial charge in [-0.25, -0.2) is 0 Å². The highest BCUT2D eigenvalue weighted by Gasteiger charge is 2.44. The van der Waals surface area contributed by atoms with Gasteiger partial charge in [0.05, 0.1) is 23.4 Å². The van der Waals surface area contributed by atoms with Crippen LogP contribution in [0.4, 0.5) is 0 Å². The molecular formula is C41H90O4. The summed E-state index contributed by atoms with van der Waals surface area (Å²) in [5.41, 5.74) is 0.411. The lowest BCUT2D eigenvalue weighted by atomic mass is 9.83. The predicted molar refractivity (Wildman–Crippen MR) is 205 cm³/mol. The second-order valence-corrected chi connectivity index (χ2v) is 11.6. The lowest BCUT2D eigenvalue weighted by Crippen LogP contribution is -2.32. The van der Waals surface area contributed by atoms with Crippen molar-refractivity contribution in [3.8, 4) is 0 Å². The van der Waals surface area contributed by atoms with E-state index in [1.807, 2.05) is 76.3 Å². The van der Waals surface area contributed by atoms with Crippen LogP contribution < -0.4 is 0 Å². The van der Waals surface area contributed by atoms with Crippen LogP contribution in [0.2, 0.25) is 0 Å². The van der Waals surface area contributed by atoms with Crippen molar-refractivity contribution in [1.29, 1.82) is 0 Å². The lowest BCUT2D eigenvalue weighted by molar-refractivity contribution is -0.120. The van der Waals surface area contributed by atoms with Gasteiger partial charge in [0.25, 0.3) is 0 Å². The molecule has 0 bridgehead atoms. The van der Waals surface area contributed by atoms with Gasteiger partial charge in [-0.05, 0) is 64.2 Å². The zero-order valence-corrected chi connectivity index (χ0v) is 32.9. The highest BCUT2D eigenvalue weighted by molar-refractivity contribution is 5.78. The molecular weight excluding hydrogens is 556 g/mol. The van der Waals surface area contributed by atoms with Crippen LogP contribution in [0.15, 0.2) is 0 Å². The molecule has 0 aromatic heterocycles. The van der Waals surface area contributed by atoms with Crippen LogP contribution in [0, 0.1) is 0 Å². The first-order valence-electron chi connectivity index (χ1n) is 19.8. The average molecular weight is 647 g/mol. The average Bonchev–Trinajstić information content (AvgIpc) is 3.89. The molecule has 1 spiro atoms. The van der Waals surface area contributed by atoms with Gasteiger partial charge in [-0.3, -0.25) is 4.79 Å². The summed E-state index contributed by atoms with van der Waals surface area (Å²) in [4.78, 5) is 10.5. The Labute approximate surface area is 287 Å². The van der Waals surface area contributed by atoms with E-state index in [0.29, 0.717) is 11.4 Å². The number of carbonyl (C=O) groups is 1. The Hall–Kier alpha value is -0.450. The number of rotatable bonds is 3. The normalized spacial score (nSPS) is 20.7. The Balaban J connectivity index is -0.000000144. The number of Topliss-reactive ketones (excluding diaryl/α,β-unsaturated/α-hetero) is 1. The number of ether oxygens (including phenoxy) is 2. The SMILES string of the molecule is C.C1CCC2(CC1)CO2.CC.CC.CC.CC.CC.CCC1(O)CCCCC1.CCC1(OC)CCCCC1.O=C1CCCCC1. The van der Waals surface area contributed by atoms with Crippen molar-refractivity contribution in [3.05, 3.63) is 0 Å². The molecule has 0 unspecified atom stereocenters. The van der Waals surface area contributed by atoms with Crippen LogP contribution >= 0.6 is 0 Å². The fourth-order valence-electron chi connectivity index (χ4n) is 5.99. The van der Waals surface area contributed by atoms with Crippen LogP contribution in [0.3, 0.4) is 0 Å². The quantitative estimate of drug-likeness (QED) is 0.310. The molecule has 45 heavy (non-hydrogen) atoms. The number of epoxide rings is 1. The summed E-state index contributed by atoms with van der Waals surface area (Å²) in [5.74, 6) is 0.464. The van der Waals surface area contributed by atoms with Crippen LogP contribution in [0.25, 0.3) is 0 Å². The van der Waals surface area contributed by atoms with Crippen LogP contribution in [0.5, 0.6) is 0 Å². The first-order chi connectivity index (χ1) is 21.4. The maximum Gasteiger partial charge on any atom is 0.132 e. The molecule has 0 aromatic rings. The van der Waals surface area contributed by atoms with Crippen molar-refractivity contribution in [1.82, 2.24) is 0 Å². The molecule has 0 aromatic carbocycles. The number of carbonyl (C=O) groups excluding carboxylic acids is 1. The Morgan fingerprint density at radius 1 is 0.578 bits per heavy atom. The van der Waals surface area contributed by atoms with Crippen LogP contribution in [-0.4, -0.2) is 41.4 Å². The van der Waals surface area contributed by atoms with E-state index in [4.69, 9.17) is 9.47 Å². The van der Waals surface area contributed by atoms with E-state index in [1.165, 1.54) is 96.3 Å². The molecule has 4 aliphatic carbocycles. The van der Waals surface area contributed by atoms with Crippen molar-refractivity contribution >= 4 is 5.78 Å². The smallest absolute Gasteiger partial charge is 0.132 e. The van der Waals surface area contributed by atoms with Gasteiger partial charge in [0.15, 0.2) is 0 Å². The van der Waals surface area contributed by atoms with Gasteiger partial charge in [-0.15, -0.1) is 0 Å². The highest BCUT2D eigenvalue weighted by atomic mass is 16.6. The first-order valence-corrected chi connectivity index (χ1v) is 19.8. The standard InChI is InChI=1S/C9H18O.C8H16O.C7H12O.C6H10O.5C2H6.CH4/c1-3-9(10-2)7-5-4-6-8-9;1-2-8(9)6-4-3-5-7-8;1-2-4-7(5-3-1)6-8-7;7-6-4-2-1-3-5-6;5*1-2;/h3-8H2,1-2H3;9H,2-7H2,1H3;1-6H2;1-5H2;5*1-2H3;1H4. The minimum absolute atomic E-state index is 0. The minimum Gasteiger partial charge on any atom is -0.390 e. The first kappa shape index (κ1) is 54.0. The van der Waals surface area contributed by atoms with Crippen molar-refractivity contribution in [2.24, 2.45) is 0 Å². The summed E-state index contributed by atoms with van der Waals surface area (Å²) < 4.78 is 10.9. The highest BCUT2D eigenvalue weighted by Crippen LogP contribution is 2.41. The van der Waals surface area contributed by atoms with Crippen molar-refractivity contribution in [2.45, 2.75) is 249 Å². The molecule has 5 rings (SSSR count). The van der Waals surface area contributed by atoms with Gasteiger partial charge < -0.3 is 14.6 Å². The van der Waals surface area contributed by atoms with E-state index in [-0.39, 0.29) is 18.6 Å². The van der Waals surface area contributed by atoms with E-state index in [0.717, 1.165) is 51.6 Å². The second-order valence-electron chi connectivity index (χ2n) is 11.6. The summed E-state index contributed by atoms with van der Waals surface area (Å²) in [6, 6.07) is 0. The minimum atomic E-state index is -0.280. The molecule has 4 heteroatoms. The predicted octanol–water partition coefficient (Wildman–Crippen LogP) is 13.8. The fraction of sp³-hybridized carbons (Fsp3) is 0.976. The summed E-state index contributed by atoms with van der Waals surface area (Å²) in [6.45, 7) is 25.4. The summed E-state index contributed by atoms with van der Waals surface area (Å²) >= 11 is 0. The maximum absolute atomic E-state index is 10.5. The largest absolute Gasteiger partial charge is 0.390 e. The van der Waals surface area contributed by atoms with Gasteiger partial charge in [-0.2, -0.15) is 0 Å². The monoisotopic (exact) mass is 647 g/mol. The Morgan fingerprint density at radius 2 is 0.911 bits per heavy atom. The van der Waals surface area contributed by atoms with Crippen molar-refractivity contribution in [2.75, 3.05) is 13.7 Å². The van der Waals surface area contributed by atoms with Gasteiger partial charge in [-0.1, -0.05) is 155 Å². The third-order valence-corrected chi connectivity index (χ3v) is 9.01. The second kappa shape index (κ2) is 38.0. The molecule has 0 amide bonds. The van der Waals surface area contributed by atoms with Gasteiger partial charge in [0.1, 0.15) is 5.78 Å². The zero-order valence-electron chi connectivity index (χ0n) is 32.9. The van der Waals surface area contributed by atoms with Gasteiger partial charge >= 0.3 is 0 Å². The number of ketones is 1. The zero-order chi connectivity index (χ0) is 34.8. The Morgan fingerprint density at radius 3 is 1.11 bits per heavy atom. The van der Waals surface area contributed by atoms with Crippen molar-refractivity contribution in [3.63, 3.8) is 0 Å². The molecule has 4 saturated carbocycles. The molecule has 0 atom stereocenters. The van der Waals surface area contributed by atoms with E-state index < -0.39 is 0 Å². The maximum atomic E-state index is 10.5. The number of aliphatic hydroxyl groups is 1. The molecule has 0 radical (unpaired) electrons. The van der Waals surface area contributed by atoms with Gasteiger partial charge in [0, 0.05) is 20.0 Å². The van der Waals surface area contributed by atoms with Crippen LogP contribution in [0.1, 0.15) is 232 Å². The molecule has 1 heterocycles. The van der Waals surface area contributed by atoms with E-state index >= 15 is 0 Å². The molecule has 5 aliphatic rings. The van der Waals surface area contributed by atoms with E-state index in [1.54, 1.807) is 0 Å². The van der Waals surface area contributed by atoms with Crippen LogP contribution in [-0.2, 0) is 14.3 Å². The number of hydrogen-bond donors (Lipinski definition) is 1. The van der Waals surface area contributed by atoms with E-state index in [2.05, 4.69) is 13.8 Å². The third kappa shape index (κ3) is 28.3. The summed E-state index contributed by atoms with van der Waals surface area (Å²) in [6.07, 6.45) is 26.8. The molecule has 5 fully saturated rings. The number of hydrogen-bond acceptors (Lipinski definition) is 4. The molecule has 1 aliphatic heterocycles. The lowest BCUT2D eigenvalue weighted by Gasteiger charge is -2.34. The topological polar surface area (TPSA) is 59.1 Å². The van der Waals surface area contributed by atoms with Gasteiger partial charge in [0.2, 0.25) is 0 Å². The molecule has 1 N–H and O–H groups in total. The Kier molecular flexibility index (Phi) is 45.6. The number of methoxy groups -OCH3 is 1. The molecule has 278 valence electrons. The summed E-state index contributed by atoms with van der Waals surface area (Å²) in [5, 5.41) is 9.68. The summed E-state index contributed by atoms with van der Waals surface area (Å²) in [7, 11) is 1.86. The Bertz CT molecular complexity index is 522.